The molecule has 0 radical (unpaired) electrons. The molecule has 0 aliphatic carbocycles. The molecule has 6 heteroatoms. The number of fused-ring (bicyclic) bond motifs is 1. The standard InChI is InChI=1S/C23H27N5O/c1-17-7-2-3-9-20(17)23(29)27-14-6-8-18(15-27)22-24-21-11-10-19(16-28(21)25-22)26-12-4-5-13-26/h2-3,7,9-11,16,18H,4-6,8,12-15H2,1H3/t18-/m0/s1. The lowest BCUT2D eigenvalue weighted by Gasteiger charge is -2.31. The van der Waals surface area contributed by atoms with E-state index in [0.29, 0.717) is 6.54 Å². The van der Waals surface area contributed by atoms with Gasteiger partial charge in [-0.1, -0.05) is 18.2 Å². The summed E-state index contributed by atoms with van der Waals surface area (Å²) in [4.78, 5) is 22.2. The second-order valence-corrected chi connectivity index (χ2v) is 8.26. The lowest BCUT2D eigenvalue weighted by Crippen LogP contribution is -2.39. The Kier molecular flexibility index (Phi) is 4.70. The number of benzene rings is 1. The van der Waals surface area contributed by atoms with Crippen LogP contribution in [0.3, 0.4) is 0 Å². The Hall–Kier alpha value is -2.89. The minimum atomic E-state index is 0.118. The topological polar surface area (TPSA) is 53.7 Å². The van der Waals surface area contributed by atoms with Crippen molar-refractivity contribution in [3.8, 4) is 0 Å². The summed E-state index contributed by atoms with van der Waals surface area (Å²) in [5.74, 6) is 1.16. The number of rotatable bonds is 3. The average Bonchev–Trinajstić information content (AvgIpc) is 3.43. The summed E-state index contributed by atoms with van der Waals surface area (Å²) in [7, 11) is 0. The fraction of sp³-hybridized carbons (Fsp3) is 0.435. The van der Waals surface area contributed by atoms with Gasteiger partial charge in [-0.05, 0) is 56.4 Å². The van der Waals surface area contributed by atoms with Crippen LogP contribution >= 0.6 is 0 Å². The summed E-state index contributed by atoms with van der Waals surface area (Å²) < 4.78 is 1.91. The molecule has 1 amide bonds. The number of hydrogen-bond acceptors (Lipinski definition) is 4. The van der Waals surface area contributed by atoms with Gasteiger partial charge in [0.25, 0.3) is 5.91 Å². The molecule has 3 aromatic rings. The highest BCUT2D eigenvalue weighted by Crippen LogP contribution is 2.27. The van der Waals surface area contributed by atoms with Crippen molar-refractivity contribution in [1.82, 2.24) is 19.5 Å². The smallest absolute Gasteiger partial charge is 0.254 e. The van der Waals surface area contributed by atoms with Gasteiger partial charge in [-0.25, -0.2) is 9.50 Å². The predicted molar refractivity (Wildman–Crippen MR) is 113 cm³/mol. The second kappa shape index (κ2) is 7.50. The van der Waals surface area contributed by atoms with E-state index in [1.165, 1.54) is 18.5 Å². The molecule has 2 aliphatic rings. The van der Waals surface area contributed by atoms with Crippen LogP contribution in [0.5, 0.6) is 0 Å². The van der Waals surface area contributed by atoms with E-state index in [1.807, 2.05) is 40.6 Å². The van der Waals surface area contributed by atoms with Gasteiger partial charge in [-0.3, -0.25) is 4.79 Å². The molecule has 2 fully saturated rings. The molecule has 0 N–H and O–H groups in total. The van der Waals surface area contributed by atoms with Crippen molar-refractivity contribution in [2.75, 3.05) is 31.1 Å². The predicted octanol–water partition coefficient (Wildman–Crippen LogP) is 3.66. The molecule has 2 aliphatic heterocycles. The number of piperidine rings is 1. The van der Waals surface area contributed by atoms with E-state index in [-0.39, 0.29) is 11.8 Å². The Morgan fingerprint density at radius 1 is 1.03 bits per heavy atom. The maximum absolute atomic E-state index is 13.0. The Morgan fingerprint density at radius 3 is 2.69 bits per heavy atom. The van der Waals surface area contributed by atoms with Crippen LogP contribution in [-0.4, -0.2) is 51.6 Å². The van der Waals surface area contributed by atoms with Crippen molar-refractivity contribution in [2.24, 2.45) is 0 Å². The molecule has 2 aromatic heterocycles. The lowest BCUT2D eigenvalue weighted by molar-refractivity contribution is 0.0704. The van der Waals surface area contributed by atoms with Crippen LogP contribution in [0.1, 0.15) is 53.3 Å². The number of anilines is 1. The molecule has 29 heavy (non-hydrogen) atoms. The Labute approximate surface area is 171 Å². The van der Waals surface area contributed by atoms with E-state index < -0.39 is 0 Å². The first-order valence-corrected chi connectivity index (χ1v) is 10.7. The van der Waals surface area contributed by atoms with Crippen molar-refractivity contribution in [2.45, 2.75) is 38.5 Å². The number of nitrogens with zero attached hydrogens (tertiary/aromatic N) is 5. The SMILES string of the molecule is Cc1ccccc1C(=O)N1CCC[C@H](c2nc3ccc(N4CCCC4)cn3n2)C1. The van der Waals surface area contributed by atoms with E-state index >= 15 is 0 Å². The molecule has 0 bridgehead atoms. The highest BCUT2D eigenvalue weighted by molar-refractivity contribution is 5.95. The maximum Gasteiger partial charge on any atom is 0.254 e. The molecule has 6 nitrogen and oxygen atoms in total. The number of likely N-dealkylation sites (tertiary alicyclic amines) is 1. The van der Waals surface area contributed by atoms with E-state index in [9.17, 15) is 4.79 Å². The van der Waals surface area contributed by atoms with Gasteiger partial charge < -0.3 is 9.80 Å². The Balaban J connectivity index is 1.37. The molecule has 5 rings (SSSR count). The number of carbonyl (C=O) groups is 1. The highest BCUT2D eigenvalue weighted by Gasteiger charge is 2.28. The molecular formula is C23H27N5O. The van der Waals surface area contributed by atoms with Gasteiger partial charge in [-0.2, -0.15) is 5.10 Å². The zero-order chi connectivity index (χ0) is 19.8. The molecule has 0 unspecified atom stereocenters. The van der Waals surface area contributed by atoms with Crippen molar-refractivity contribution in [3.63, 3.8) is 0 Å². The number of aryl methyl sites for hydroxylation is 1. The molecule has 1 atom stereocenters. The summed E-state index contributed by atoms with van der Waals surface area (Å²) >= 11 is 0. The summed E-state index contributed by atoms with van der Waals surface area (Å²) in [6, 6.07) is 12.0. The van der Waals surface area contributed by atoms with Crippen molar-refractivity contribution in [3.05, 3.63) is 59.5 Å². The van der Waals surface area contributed by atoms with Crippen LogP contribution in [0.25, 0.3) is 5.65 Å². The van der Waals surface area contributed by atoms with E-state index in [2.05, 4.69) is 23.2 Å². The zero-order valence-corrected chi connectivity index (χ0v) is 16.9. The molecule has 2 saturated heterocycles. The quantitative estimate of drug-likeness (QED) is 0.686. The third kappa shape index (κ3) is 3.48. The molecule has 150 valence electrons. The van der Waals surface area contributed by atoms with Crippen LogP contribution in [0.15, 0.2) is 42.6 Å². The van der Waals surface area contributed by atoms with Crippen LogP contribution in [0.4, 0.5) is 5.69 Å². The minimum Gasteiger partial charge on any atom is -0.370 e. The maximum atomic E-state index is 13.0. The van der Waals surface area contributed by atoms with Gasteiger partial charge in [0.15, 0.2) is 11.5 Å². The second-order valence-electron chi connectivity index (χ2n) is 8.26. The Morgan fingerprint density at radius 2 is 1.86 bits per heavy atom. The third-order valence-corrected chi connectivity index (χ3v) is 6.25. The van der Waals surface area contributed by atoms with Gasteiger partial charge >= 0.3 is 0 Å². The van der Waals surface area contributed by atoms with Gasteiger partial charge in [0, 0.05) is 37.7 Å². The number of carbonyl (C=O) groups excluding carboxylic acids is 1. The van der Waals surface area contributed by atoms with Gasteiger partial charge in [0.05, 0.1) is 11.9 Å². The molecule has 0 spiro atoms. The first kappa shape index (κ1) is 18.2. The first-order valence-electron chi connectivity index (χ1n) is 10.7. The molecule has 0 saturated carbocycles. The lowest BCUT2D eigenvalue weighted by atomic mass is 9.96. The average molecular weight is 390 g/mol. The molecular weight excluding hydrogens is 362 g/mol. The normalized spacial score (nSPS) is 19.8. The largest absolute Gasteiger partial charge is 0.370 e. The van der Waals surface area contributed by atoms with Crippen LogP contribution in [0, 0.1) is 6.92 Å². The van der Waals surface area contributed by atoms with Gasteiger partial charge in [0.2, 0.25) is 0 Å². The van der Waals surface area contributed by atoms with Crippen LogP contribution < -0.4 is 4.90 Å². The van der Waals surface area contributed by atoms with Gasteiger partial charge in [0.1, 0.15) is 0 Å². The minimum absolute atomic E-state index is 0.118. The van der Waals surface area contributed by atoms with Crippen LogP contribution in [-0.2, 0) is 0 Å². The van der Waals surface area contributed by atoms with Crippen molar-refractivity contribution >= 4 is 17.2 Å². The van der Waals surface area contributed by atoms with Gasteiger partial charge in [-0.15, -0.1) is 0 Å². The van der Waals surface area contributed by atoms with E-state index in [0.717, 1.165) is 55.1 Å². The van der Waals surface area contributed by atoms with Crippen molar-refractivity contribution in [1.29, 1.82) is 0 Å². The molecule has 1 aromatic carbocycles. The summed E-state index contributed by atoms with van der Waals surface area (Å²) in [5, 5.41) is 4.79. The summed E-state index contributed by atoms with van der Waals surface area (Å²) in [5.41, 5.74) is 3.92. The monoisotopic (exact) mass is 389 g/mol. The van der Waals surface area contributed by atoms with Crippen molar-refractivity contribution < 1.29 is 4.79 Å². The number of pyridine rings is 1. The number of aromatic nitrogens is 3. The zero-order valence-electron chi connectivity index (χ0n) is 16.9. The van der Waals surface area contributed by atoms with Crippen LogP contribution in [0.2, 0.25) is 0 Å². The third-order valence-electron chi connectivity index (χ3n) is 6.25. The fourth-order valence-electron chi connectivity index (χ4n) is 4.58. The Bertz CT molecular complexity index is 1040. The van der Waals surface area contributed by atoms with E-state index in [4.69, 9.17) is 10.1 Å². The highest BCUT2D eigenvalue weighted by atomic mass is 16.2. The summed E-state index contributed by atoms with van der Waals surface area (Å²) in [6.07, 6.45) is 6.61. The van der Waals surface area contributed by atoms with E-state index in [1.54, 1.807) is 0 Å². The first-order chi connectivity index (χ1) is 14.2. The summed E-state index contributed by atoms with van der Waals surface area (Å²) in [6.45, 7) is 5.72. The number of hydrogen-bond donors (Lipinski definition) is 0. The molecule has 4 heterocycles. The fourth-order valence-corrected chi connectivity index (χ4v) is 4.58. The number of amides is 1.